The fraction of sp³-hybridized carbons (Fsp3) is 0.364. The van der Waals surface area contributed by atoms with Gasteiger partial charge in [0.2, 0.25) is 5.91 Å². The Morgan fingerprint density at radius 2 is 1.48 bits per heavy atom. The van der Waals surface area contributed by atoms with E-state index in [0.717, 1.165) is 13.1 Å². The lowest BCUT2D eigenvalue weighted by atomic mass is 10.1. The van der Waals surface area contributed by atoms with Crippen molar-refractivity contribution >= 4 is 17.5 Å². The third-order valence-electron chi connectivity index (χ3n) is 4.53. The molecule has 0 heterocycles. The van der Waals surface area contributed by atoms with Crippen LogP contribution in [-0.2, 0) is 11.3 Å². The Balaban J connectivity index is 1.92. The van der Waals surface area contributed by atoms with Crippen molar-refractivity contribution in [1.29, 1.82) is 0 Å². The number of carbonyl (C=O) groups excluding carboxylic acids is 2. The standard InChI is InChI=1S/C22H29N3O2/c1-4-24(16-18-10-8-7-9-11-18)17-21(26)23-20-14-12-19(13-15-20)22(27)25(5-2)6-3/h7-15H,4-6,16-17H2,1-3H3,(H,23,26). The molecule has 0 aliphatic heterocycles. The molecule has 2 aromatic carbocycles. The summed E-state index contributed by atoms with van der Waals surface area (Å²) in [7, 11) is 0. The number of nitrogens with zero attached hydrogens (tertiary/aromatic N) is 2. The van der Waals surface area contributed by atoms with Crippen LogP contribution in [0.1, 0.15) is 36.7 Å². The molecule has 27 heavy (non-hydrogen) atoms. The number of likely N-dealkylation sites (N-methyl/N-ethyl adjacent to an activating group) is 1. The highest BCUT2D eigenvalue weighted by atomic mass is 16.2. The van der Waals surface area contributed by atoms with Gasteiger partial charge in [0.05, 0.1) is 6.54 Å². The van der Waals surface area contributed by atoms with Gasteiger partial charge in [0.25, 0.3) is 5.91 Å². The lowest BCUT2D eigenvalue weighted by Crippen LogP contribution is -2.32. The van der Waals surface area contributed by atoms with E-state index in [2.05, 4.69) is 22.3 Å². The van der Waals surface area contributed by atoms with Gasteiger partial charge in [0, 0.05) is 30.9 Å². The second-order valence-corrected chi connectivity index (χ2v) is 6.39. The monoisotopic (exact) mass is 367 g/mol. The molecule has 0 spiro atoms. The number of amides is 2. The number of hydrogen-bond acceptors (Lipinski definition) is 3. The molecule has 0 radical (unpaired) electrons. The molecule has 2 rings (SSSR count). The molecule has 144 valence electrons. The molecule has 2 amide bonds. The second kappa shape index (κ2) is 10.5. The first-order valence-electron chi connectivity index (χ1n) is 9.52. The average Bonchev–Trinajstić information content (AvgIpc) is 2.69. The Hall–Kier alpha value is -2.66. The summed E-state index contributed by atoms with van der Waals surface area (Å²) in [6.07, 6.45) is 0. The maximum absolute atomic E-state index is 12.4. The van der Waals surface area contributed by atoms with E-state index in [9.17, 15) is 9.59 Å². The number of carbonyl (C=O) groups is 2. The van der Waals surface area contributed by atoms with Crippen LogP contribution >= 0.6 is 0 Å². The zero-order chi connectivity index (χ0) is 19.6. The summed E-state index contributed by atoms with van der Waals surface area (Å²) in [5.41, 5.74) is 2.52. The summed E-state index contributed by atoms with van der Waals surface area (Å²) in [6.45, 7) is 9.19. The van der Waals surface area contributed by atoms with E-state index in [-0.39, 0.29) is 11.8 Å². The Morgan fingerprint density at radius 1 is 0.852 bits per heavy atom. The van der Waals surface area contributed by atoms with Gasteiger partial charge in [0.15, 0.2) is 0 Å². The first-order valence-corrected chi connectivity index (χ1v) is 9.52. The third-order valence-corrected chi connectivity index (χ3v) is 4.53. The van der Waals surface area contributed by atoms with Crippen molar-refractivity contribution in [3.8, 4) is 0 Å². The first-order chi connectivity index (χ1) is 13.1. The van der Waals surface area contributed by atoms with E-state index in [1.165, 1.54) is 5.56 Å². The second-order valence-electron chi connectivity index (χ2n) is 6.39. The number of rotatable bonds is 9. The molecule has 0 saturated heterocycles. The van der Waals surface area contributed by atoms with Crippen molar-refractivity contribution in [2.45, 2.75) is 27.3 Å². The van der Waals surface area contributed by atoms with Crippen LogP contribution in [0.25, 0.3) is 0 Å². The Labute approximate surface area is 162 Å². The van der Waals surface area contributed by atoms with Crippen LogP contribution in [0.3, 0.4) is 0 Å². The minimum absolute atomic E-state index is 0.0119. The van der Waals surface area contributed by atoms with Crippen LogP contribution in [0, 0.1) is 0 Å². The molecule has 0 unspecified atom stereocenters. The highest BCUT2D eigenvalue weighted by molar-refractivity contribution is 5.96. The lowest BCUT2D eigenvalue weighted by molar-refractivity contribution is -0.117. The van der Waals surface area contributed by atoms with E-state index in [0.29, 0.717) is 30.9 Å². The highest BCUT2D eigenvalue weighted by Gasteiger charge is 2.13. The molecular formula is C22H29N3O2. The summed E-state index contributed by atoms with van der Waals surface area (Å²) in [5, 5.41) is 2.91. The Bertz CT molecular complexity index is 725. The molecule has 1 N–H and O–H groups in total. The molecule has 0 saturated carbocycles. The van der Waals surface area contributed by atoms with Crippen LogP contribution < -0.4 is 5.32 Å². The minimum Gasteiger partial charge on any atom is -0.339 e. The van der Waals surface area contributed by atoms with Gasteiger partial charge < -0.3 is 10.2 Å². The first kappa shape index (κ1) is 20.6. The molecule has 5 heteroatoms. The number of hydrogen-bond donors (Lipinski definition) is 1. The lowest BCUT2D eigenvalue weighted by Gasteiger charge is -2.20. The summed E-state index contributed by atoms with van der Waals surface area (Å²) in [6, 6.07) is 17.2. The molecule has 0 bridgehead atoms. The number of anilines is 1. The van der Waals surface area contributed by atoms with Crippen LogP contribution in [0.2, 0.25) is 0 Å². The summed E-state index contributed by atoms with van der Waals surface area (Å²) in [5.74, 6) is -0.0477. The SMILES string of the molecule is CCN(CC(=O)Nc1ccc(C(=O)N(CC)CC)cc1)Cc1ccccc1. The predicted molar refractivity (Wildman–Crippen MR) is 110 cm³/mol. The van der Waals surface area contributed by atoms with E-state index >= 15 is 0 Å². The normalized spacial score (nSPS) is 10.7. The fourth-order valence-electron chi connectivity index (χ4n) is 2.91. The van der Waals surface area contributed by atoms with Gasteiger partial charge in [-0.3, -0.25) is 14.5 Å². The number of nitrogens with one attached hydrogen (secondary N) is 1. The van der Waals surface area contributed by atoms with Crippen molar-refractivity contribution in [3.05, 3.63) is 65.7 Å². The maximum Gasteiger partial charge on any atom is 0.253 e. The molecule has 2 aromatic rings. The zero-order valence-electron chi connectivity index (χ0n) is 16.4. The molecular weight excluding hydrogens is 338 g/mol. The van der Waals surface area contributed by atoms with E-state index in [1.54, 1.807) is 29.2 Å². The molecule has 0 atom stereocenters. The van der Waals surface area contributed by atoms with Gasteiger partial charge >= 0.3 is 0 Å². The maximum atomic E-state index is 12.4. The molecule has 0 fully saturated rings. The predicted octanol–water partition coefficient (Wildman–Crippen LogP) is 3.63. The van der Waals surface area contributed by atoms with Gasteiger partial charge in [-0.2, -0.15) is 0 Å². The Morgan fingerprint density at radius 3 is 2.04 bits per heavy atom. The molecule has 5 nitrogen and oxygen atoms in total. The minimum atomic E-state index is -0.0596. The molecule has 0 aromatic heterocycles. The quantitative estimate of drug-likeness (QED) is 0.736. The zero-order valence-corrected chi connectivity index (χ0v) is 16.4. The topological polar surface area (TPSA) is 52.7 Å². The van der Waals surface area contributed by atoms with E-state index in [4.69, 9.17) is 0 Å². The summed E-state index contributed by atoms with van der Waals surface area (Å²) >= 11 is 0. The van der Waals surface area contributed by atoms with Crippen LogP contribution in [0.15, 0.2) is 54.6 Å². The van der Waals surface area contributed by atoms with Crippen molar-refractivity contribution in [2.75, 3.05) is 31.5 Å². The van der Waals surface area contributed by atoms with Crippen LogP contribution in [-0.4, -0.2) is 47.8 Å². The fourth-order valence-corrected chi connectivity index (χ4v) is 2.91. The molecule has 0 aliphatic rings. The third kappa shape index (κ3) is 6.22. The van der Waals surface area contributed by atoms with Gasteiger partial charge in [-0.1, -0.05) is 37.3 Å². The summed E-state index contributed by atoms with van der Waals surface area (Å²) < 4.78 is 0. The smallest absolute Gasteiger partial charge is 0.253 e. The van der Waals surface area contributed by atoms with Crippen LogP contribution in [0.4, 0.5) is 5.69 Å². The van der Waals surface area contributed by atoms with Gasteiger partial charge in [-0.25, -0.2) is 0 Å². The van der Waals surface area contributed by atoms with Crippen molar-refractivity contribution in [3.63, 3.8) is 0 Å². The van der Waals surface area contributed by atoms with Crippen LogP contribution in [0.5, 0.6) is 0 Å². The van der Waals surface area contributed by atoms with E-state index < -0.39 is 0 Å². The van der Waals surface area contributed by atoms with Gasteiger partial charge in [-0.15, -0.1) is 0 Å². The molecule has 0 aliphatic carbocycles. The largest absolute Gasteiger partial charge is 0.339 e. The number of benzene rings is 2. The Kier molecular flexibility index (Phi) is 8.01. The van der Waals surface area contributed by atoms with Crippen molar-refractivity contribution < 1.29 is 9.59 Å². The van der Waals surface area contributed by atoms with Crippen molar-refractivity contribution in [2.24, 2.45) is 0 Å². The summed E-state index contributed by atoms with van der Waals surface area (Å²) in [4.78, 5) is 28.6. The van der Waals surface area contributed by atoms with Crippen molar-refractivity contribution in [1.82, 2.24) is 9.80 Å². The van der Waals surface area contributed by atoms with Gasteiger partial charge in [-0.05, 0) is 50.2 Å². The van der Waals surface area contributed by atoms with E-state index in [1.807, 2.05) is 39.0 Å². The van der Waals surface area contributed by atoms with Gasteiger partial charge in [0.1, 0.15) is 0 Å². The average molecular weight is 367 g/mol. The highest BCUT2D eigenvalue weighted by Crippen LogP contribution is 2.12.